The maximum absolute atomic E-state index is 4.32. The average Bonchev–Trinajstić information content (AvgIpc) is 2.50. The normalized spacial score (nSPS) is 20.8. The molecule has 0 saturated carbocycles. The van der Waals surface area contributed by atoms with Gasteiger partial charge in [0, 0.05) is 32.7 Å². The lowest BCUT2D eigenvalue weighted by atomic mass is 9.97. The summed E-state index contributed by atoms with van der Waals surface area (Å²) in [6.07, 6.45) is 7.31. The Morgan fingerprint density at radius 1 is 1.33 bits per heavy atom. The first kappa shape index (κ1) is 18.6. The van der Waals surface area contributed by atoms with Crippen molar-refractivity contribution < 1.29 is 0 Å². The Kier molecular flexibility index (Phi) is 9.92. The number of nitrogens with one attached hydrogen (secondary N) is 2. The van der Waals surface area contributed by atoms with Crippen LogP contribution in [0.25, 0.3) is 0 Å². The molecule has 21 heavy (non-hydrogen) atoms. The molecule has 1 heterocycles. The van der Waals surface area contributed by atoms with Crippen molar-refractivity contribution in [1.29, 1.82) is 0 Å². The number of piperidine rings is 1. The molecule has 124 valence electrons. The topological polar surface area (TPSA) is 39.7 Å². The summed E-state index contributed by atoms with van der Waals surface area (Å²) in [7, 11) is 1.86. The molecular weight excluding hydrogens is 280 g/mol. The van der Waals surface area contributed by atoms with Crippen molar-refractivity contribution in [1.82, 2.24) is 15.5 Å². The largest absolute Gasteiger partial charge is 0.356 e. The van der Waals surface area contributed by atoms with Gasteiger partial charge in [0.15, 0.2) is 5.96 Å². The van der Waals surface area contributed by atoms with Crippen LogP contribution in [-0.2, 0) is 0 Å². The number of likely N-dealkylation sites (tertiary alicyclic amines) is 1. The van der Waals surface area contributed by atoms with Crippen LogP contribution in [-0.4, -0.2) is 62.1 Å². The predicted octanol–water partition coefficient (Wildman–Crippen LogP) is 2.42. The number of guanidine groups is 1. The third kappa shape index (κ3) is 7.96. The highest BCUT2D eigenvalue weighted by atomic mass is 32.2. The average molecular weight is 315 g/mol. The van der Waals surface area contributed by atoms with E-state index in [9.17, 15) is 0 Å². The number of rotatable bonds is 8. The van der Waals surface area contributed by atoms with Crippen LogP contribution in [0.3, 0.4) is 0 Å². The lowest BCUT2D eigenvalue weighted by Crippen LogP contribution is -2.46. The monoisotopic (exact) mass is 314 g/mol. The lowest BCUT2D eigenvalue weighted by molar-refractivity contribution is 0.141. The zero-order valence-electron chi connectivity index (χ0n) is 14.3. The molecule has 1 rings (SSSR count). The zero-order chi connectivity index (χ0) is 15.5. The van der Waals surface area contributed by atoms with Crippen molar-refractivity contribution in [2.24, 2.45) is 10.9 Å². The van der Waals surface area contributed by atoms with E-state index in [1.165, 1.54) is 44.5 Å². The SMILES string of the molecule is CN=C(NCCCCSC)NCC1CCCN(C(C)C)C1. The summed E-state index contributed by atoms with van der Waals surface area (Å²) in [5.41, 5.74) is 0. The second kappa shape index (κ2) is 11.2. The number of hydrogen-bond acceptors (Lipinski definition) is 3. The number of nitrogens with zero attached hydrogens (tertiary/aromatic N) is 2. The smallest absolute Gasteiger partial charge is 0.190 e. The van der Waals surface area contributed by atoms with Crippen LogP contribution in [0.2, 0.25) is 0 Å². The number of unbranched alkanes of at least 4 members (excludes halogenated alkanes) is 1. The van der Waals surface area contributed by atoms with E-state index in [0.717, 1.165) is 25.0 Å². The Morgan fingerprint density at radius 3 is 2.81 bits per heavy atom. The number of thioether (sulfide) groups is 1. The summed E-state index contributed by atoms with van der Waals surface area (Å²) in [6.45, 7) is 9.12. The van der Waals surface area contributed by atoms with Gasteiger partial charge in [0.2, 0.25) is 0 Å². The van der Waals surface area contributed by atoms with Gasteiger partial charge in [-0.15, -0.1) is 0 Å². The lowest BCUT2D eigenvalue weighted by Gasteiger charge is -2.35. The van der Waals surface area contributed by atoms with Gasteiger partial charge in [-0.25, -0.2) is 0 Å². The predicted molar refractivity (Wildman–Crippen MR) is 96.4 cm³/mol. The molecule has 1 aliphatic heterocycles. The summed E-state index contributed by atoms with van der Waals surface area (Å²) < 4.78 is 0. The molecule has 0 radical (unpaired) electrons. The zero-order valence-corrected chi connectivity index (χ0v) is 15.1. The molecule has 1 saturated heterocycles. The van der Waals surface area contributed by atoms with E-state index in [1.807, 2.05) is 18.8 Å². The van der Waals surface area contributed by atoms with Gasteiger partial charge in [0.25, 0.3) is 0 Å². The molecule has 2 N–H and O–H groups in total. The third-order valence-corrected chi connectivity index (χ3v) is 4.83. The highest BCUT2D eigenvalue weighted by Crippen LogP contribution is 2.17. The van der Waals surface area contributed by atoms with Gasteiger partial charge in [-0.05, 0) is 64.0 Å². The summed E-state index contributed by atoms with van der Waals surface area (Å²) in [5, 5.41) is 6.91. The van der Waals surface area contributed by atoms with Gasteiger partial charge in [0.05, 0.1) is 0 Å². The Bertz CT molecular complexity index is 294. The number of hydrogen-bond donors (Lipinski definition) is 2. The second-order valence-electron chi connectivity index (χ2n) is 6.18. The van der Waals surface area contributed by atoms with Crippen LogP contribution in [0, 0.1) is 5.92 Å². The van der Waals surface area contributed by atoms with Gasteiger partial charge in [-0.3, -0.25) is 4.99 Å². The van der Waals surface area contributed by atoms with Crippen LogP contribution < -0.4 is 10.6 Å². The Labute approximate surface area is 135 Å². The fourth-order valence-electron chi connectivity index (χ4n) is 2.77. The molecule has 1 unspecified atom stereocenters. The van der Waals surface area contributed by atoms with E-state index in [2.05, 4.69) is 40.6 Å². The van der Waals surface area contributed by atoms with Crippen LogP contribution in [0.15, 0.2) is 4.99 Å². The van der Waals surface area contributed by atoms with Gasteiger partial charge in [-0.2, -0.15) is 11.8 Å². The van der Waals surface area contributed by atoms with Crippen molar-refractivity contribution in [2.45, 2.75) is 45.6 Å². The van der Waals surface area contributed by atoms with Crippen molar-refractivity contribution in [3.8, 4) is 0 Å². The van der Waals surface area contributed by atoms with Crippen LogP contribution in [0.5, 0.6) is 0 Å². The van der Waals surface area contributed by atoms with Crippen LogP contribution in [0.4, 0.5) is 0 Å². The minimum absolute atomic E-state index is 0.668. The molecule has 5 heteroatoms. The first-order valence-corrected chi connectivity index (χ1v) is 9.74. The van der Waals surface area contributed by atoms with E-state index in [-0.39, 0.29) is 0 Å². The highest BCUT2D eigenvalue weighted by molar-refractivity contribution is 7.98. The van der Waals surface area contributed by atoms with E-state index in [4.69, 9.17) is 0 Å². The van der Waals surface area contributed by atoms with Gasteiger partial charge >= 0.3 is 0 Å². The standard InChI is InChI=1S/C16H34N4S/c1-14(2)20-10-7-8-15(13-20)12-19-16(17-3)18-9-5-6-11-21-4/h14-15H,5-13H2,1-4H3,(H2,17,18,19). The first-order valence-electron chi connectivity index (χ1n) is 8.34. The molecule has 0 spiro atoms. The maximum atomic E-state index is 4.32. The molecular formula is C16H34N4S. The Hall–Kier alpha value is -0.420. The highest BCUT2D eigenvalue weighted by Gasteiger charge is 2.21. The second-order valence-corrected chi connectivity index (χ2v) is 7.16. The molecule has 1 aliphatic rings. The fraction of sp³-hybridized carbons (Fsp3) is 0.938. The van der Waals surface area contributed by atoms with Gasteiger partial charge in [0.1, 0.15) is 0 Å². The molecule has 4 nitrogen and oxygen atoms in total. The van der Waals surface area contributed by atoms with E-state index >= 15 is 0 Å². The minimum atomic E-state index is 0.668. The van der Waals surface area contributed by atoms with E-state index in [0.29, 0.717) is 6.04 Å². The van der Waals surface area contributed by atoms with E-state index < -0.39 is 0 Å². The Morgan fingerprint density at radius 2 is 2.14 bits per heavy atom. The summed E-state index contributed by atoms with van der Waals surface area (Å²) in [4.78, 5) is 6.91. The fourth-order valence-corrected chi connectivity index (χ4v) is 3.27. The van der Waals surface area contributed by atoms with Gasteiger partial charge < -0.3 is 15.5 Å². The third-order valence-electron chi connectivity index (χ3n) is 4.13. The molecule has 0 aromatic rings. The molecule has 0 aromatic carbocycles. The van der Waals surface area contributed by atoms with Crippen LogP contribution in [0.1, 0.15) is 39.5 Å². The van der Waals surface area contributed by atoms with Crippen LogP contribution >= 0.6 is 11.8 Å². The molecule has 1 fully saturated rings. The van der Waals surface area contributed by atoms with E-state index in [1.54, 1.807) is 0 Å². The molecule has 1 atom stereocenters. The molecule has 0 bridgehead atoms. The number of aliphatic imine (C=N–C) groups is 1. The quantitative estimate of drug-likeness (QED) is 0.410. The Balaban J connectivity index is 2.19. The molecule has 0 aromatic heterocycles. The maximum Gasteiger partial charge on any atom is 0.190 e. The van der Waals surface area contributed by atoms with Crippen molar-refractivity contribution >= 4 is 17.7 Å². The molecule has 0 aliphatic carbocycles. The minimum Gasteiger partial charge on any atom is -0.356 e. The van der Waals surface area contributed by atoms with Crippen molar-refractivity contribution in [3.63, 3.8) is 0 Å². The summed E-state index contributed by atoms with van der Waals surface area (Å²) in [6, 6.07) is 0.668. The first-order chi connectivity index (χ1) is 10.2. The van der Waals surface area contributed by atoms with Gasteiger partial charge in [-0.1, -0.05) is 0 Å². The molecule has 0 amide bonds. The van der Waals surface area contributed by atoms with Crippen molar-refractivity contribution in [2.75, 3.05) is 45.2 Å². The summed E-state index contributed by atoms with van der Waals surface area (Å²) in [5.74, 6) is 2.96. The van der Waals surface area contributed by atoms with Crippen molar-refractivity contribution in [3.05, 3.63) is 0 Å². The summed E-state index contributed by atoms with van der Waals surface area (Å²) >= 11 is 1.92.